The first-order valence-corrected chi connectivity index (χ1v) is 11.0. The summed E-state index contributed by atoms with van der Waals surface area (Å²) in [4.78, 5) is 25.1. The smallest absolute Gasteiger partial charge is 0.295 e. The highest BCUT2D eigenvalue weighted by Gasteiger charge is 2.14. The maximum atomic E-state index is 13.2. The van der Waals surface area contributed by atoms with Crippen LogP contribution in [0.4, 0.5) is 4.39 Å². The standard InChI is InChI=1S/C25H26FN5O2/c1-17(19-7-4-3-5-8-19)15-27-23(32)9-6-14-30-25(33)24-22(18(2)28-30)16-31(29-24)21-12-10-20(26)11-13-21/h3-5,7-8,10-13,16-17H,6,9,14-15H2,1-2H3,(H,27,32). The van der Waals surface area contributed by atoms with E-state index in [1.807, 2.05) is 37.3 Å². The van der Waals surface area contributed by atoms with Crippen molar-refractivity contribution in [2.75, 3.05) is 6.54 Å². The fourth-order valence-electron chi connectivity index (χ4n) is 3.72. The zero-order chi connectivity index (χ0) is 23.4. The quantitative estimate of drug-likeness (QED) is 0.446. The predicted octanol–water partition coefficient (Wildman–Crippen LogP) is 3.73. The second-order valence-corrected chi connectivity index (χ2v) is 8.15. The van der Waals surface area contributed by atoms with Crippen LogP contribution in [0.15, 0.2) is 65.6 Å². The average molecular weight is 448 g/mol. The number of nitrogens with zero attached hydrogens (tertiary/aromatic N) is 4. The van der Waals surface area contributed by atoms with E-state index in [1.54, 1.807) is 23.0 Å². The van der Waals surface area contributed by atoms with Gasteiger partial charge < -0.3 is 5.32 Å². The van der Waals surface area contributed by atoms with Gasteiger partial charge in [0.05, 0.1) is 11.4 Å². The molecular weight excluding hydrogens is 421 g/mol. The van der Waals surface area contributed by atoms with Crippen molar-refractivity contribution in [3.8, 4) is 5.69 Å². The lowest BCUT2D eigenvalue weighted by Crippen LogP contribution is -2.28. The molecule has 0 fully saturated rings. The molecule has 1 N–H and O–H groups in total. The Kier molecular flexibility index (Phi) is 6.63. The van der Waals surface area contributed by atoms with Crippen molar-refractivity contribution in [1.29, 1.82) is 0 Å². The van der Waals surface area contributed by atoms with Gasteiger partial charge >= 0.3 is 0 Å². The van der Waals surface area contributed by atoms with E-state index in [0.717, 1.165) is 0 Å². The van der Waals surface area contributed by atoms with Crippen molar-refractivity contribution in [1.82, 2.24) is 24.9 Å². The third-order valence-electron chi connectivity index (χ3n) is 5.65. The lowest BCUT2D eigenvalue weighted by molar-refractivity contribution is -0.121. The lowest BCUT2D eigenvalue weighted by Gasteiger charge is -2.13. The minimum atomic E-state index is -0.339. The minimum absolute atomic E-state index is 0.0517. The number of halogens is 1. The molecule has 0 aliphatic heterocycles. The van der Waals surface area contributed by atoms with Crippen molar-refractivity contribution in [3.63, 3.8) is 0 Å². The number of nitrogens with one attached hydrogen (secondary N) is 1. The first-order chi connectivity index (χ1) is 15.9. The van der Waals surface area contributed by atoms with Gasteiger partial charge in [-0.25, -0.2) is 13.8 Å². The van der Waals surface area contributed by atoms with Crippen molar-refractivity contribution in [2.24, 2.45) is 0 Å². The van der Waals surface area contributed by atoms with Gasteiger partial charge in [0, 0.05) is 31.1 Å². The van der Waals surface area contributed by atoms with Crippen LogP contribution in [0, 0.1) is 12.7 Å². The van der Waals surface area contributed by atoms with E-state index in [4.69, 9.17) is 0 Å². The molecule has 0 spiro atoms. The van der Waals surface area contributed by atoms with E-state index in [2.05, 4.69) is 22.4 Å². The van der Waals surface area contributed by atoms with E-state index in [0.29, 0.717) is 48.2 Å². The molecule has 2 heterocycles. The number of benzene rings is 2. The third-order valence-corrected chi connectivity index (χ3v) is 5.65. The van der Waals surface area contributed by atoms with E-state index >= 15 is 0 Å². The summed E-state index contributed by atoms with van der Waals surface area (Å²) in [7, 11) is 0. The van der Waals surface area contributed by atoms with Crippen molar-refractivity contribution < 1.29 is 9.18 Å². The molecule has 1 amide bonds. The highest BCUT2D eigenvalue weighted by atomic mass is 19.1. The normalized spacial score (nSPS) is 12.1. The minimum Gasteiger partial charge on any atom is -0.356 e. The number of rotatable bonds is 8. The van der Waals surface area contributed by atoms with Gasteiger partial charge in [-0.15, -0.1) is 0 Å². The van der Waals surface area contributed by atoms with E-state index in [1.165, 1.54) is 22.4 Å². The van der Waals surface area contributed by atoms with Crippen LogP contribution in [0.2, 0.25) is 0 Å². The molecule has 1 unspecified atom stereocenters. The van der Waals surface area contributed by atoms with Gasteiger partial charge in [0.15, 0.2) is 5.52 Å². The highest BCUT2D eigenvalue weighted by molar-refractivity contribution is 5.79. The monoisotopic (exact) mass is 447 g/mol. The Morgan fingerprint density at radius 3 is 2.55 bits per heavy atom. The molecule has 0 bridgehead atoms. The fraction of sp³-hybridized carbons (Fsp3) is 0.280. The van der Waals surface area contributed by atoms with Crippen LogP contribution >= 0.6 is 0 Å². The topological polar surface area (TPSA) is 81.8 Å². The number of hydrogen-bond acceptors (Lipinski definition) is 4. The first kappa shape index (κ1) is 22.4. The van der Waals surface area contributed by atoms with Crippen molar-refractivity contribution in [3.05, 3.63) is 88.2 Å². The number of carbonyl (C=O) groups excluding carboxylic acids is 1. The van der Waals surface area contributed by atoms with Crippen LogP contribution in [0.5, 0.6) is 0 Å². The first-order valence-electron chi connectivity index (χ1n) is 11.0. The molecule has 0 saturated heterocycles. The summed E-state index contributed by atoms with van der Waals surface area (Å²) >= 11 is 0. The molecular formula is C25H26FN5O2. The van der Waals surface area contributed by atoms with Crippen LogP contribution in [-0.4, -0.2) is 32.0 Å². The molecule has 170 valence electrons. The molecule has 4 aromatic rings. The van der Waals surface area contributed by atoms with E-state index < -0.39 is 0 Å². The number of carbonyl (C=O) groups is 1. The number of hydrogen-bond donors (Lipinski definition) is 1. The average Bonchev–Trinajstić information content (AvgIpc) is 3.28. The Hall–Kier alpha value is -3.81. The van der Waals surface area contributed by atoms with Crippen LogP contribution in [0.25, 0.3) is 16.6 Å². The molecule has 0 saturated carbocycles. The van der Waals surface area contributed by atoms with E-state index in [-0.39, 0.29) is 23.2 Å². The fourth-order valence-corrected chi connectivity index (χ4v) is 3.72. The van der Waals surface area contributed by atoms with Gasteiger partial charge in [-0.3, -0.25) is 9.59 Å². The Morgan fingerprint density at radius 2 is 1.82 bits per heavy atom. The lowest BCUT2D eigenvalue weighted by atomic mass is 10.0. The molecule has 4 rings (SSSR count). The zero-order valence-electron chi connectivity index (χ0n) is 18.7. The molecule has 7 nitrogen and oxygen atoms in total. The van der Waals surface area contributed by atoms with Crippen LogP contribution in [0.3, 0.4) is 0 Å². The largest absolute Gasteiger partial charge is 0.356 e. The summed E-state index contributed by atoms with van der Waals surface area (Å²) in [5, 5.41) is 12.4. The Bertz CT molecular complexity index is 1310. The van der Waals surface area contributed by atoms with Gasteiger partial charge in [-0.2, -0.15) is 10.2 Å². The molecule has 33 heavy (non-hydrogen) atoms. The number of aryl methyl sites for hydroxylation is 2. The van der Waals surface area contributed by atoms with Gasteiger partial charge in [0.1, 0.15) is 5.82 Å². The maximum absolute atomic E-state index is 13.2. The SMILES string of the molecule is Cc1nn(CCCC(=O)NCC(C)c2ccccc2)c(=O)c2nn(-c3ccc(F)cc3)cc12. The molecule has 0 radical (unpaired) electrons. The van der Waals surface area contributed by atoms with Crippen LogP contribution < -0.4 is 10.9 Å². The van der Waals surface area contributed by atoms with Crippen LogP contribution in [-0.2, 0) is 11.3 Å². The second kappa shape index (κ2) is 9.77. The molecule has 1 atom stereocenters. The van der Waals surface area contributed by atoms with Gasteiger partial charge in [0.25, 0.3) is 5.56 Å². The van der Waals surface area contributed by atoms with E-state index in [9.17, 15) is 14.0 Å². The molecule has 8 heteroatoms. The third kappa shape index (κ3) is 5.16. The summed E-state index contributed by atoms with van der Waals surface area (Å²) in [6.45, 7) is 4.77. The molecule has 2 aromatic carbocycles. The van der Waals surface area contributed by atoms with Crippen molar-refractivity contribution in [2.45, 2.75) is 39.2 Å². The van der Waals surface area contributed by atoms with Crippen LogP contribution in [0.1, 0.15) is 36.9 Å². The molecule has 0 aliphatic carbocycles. The summed E-state index contributed by atoms with van der Waals surface area (Å²) < 4.78 is 16.1. The van der Waals surface area contributed by atoms with Gasteiger partial charge in [0.2, 0.25) is 5.91 Å². The van der Waals surface area contributed by atoms with Gasteiger partial charge in [-0.05, 0) is 49.1 Å². The number of amides is 1. The summed E-state index contributed by atoms with van der Waals surface area (Å²) in [6.07, 6.45) is 2.51. The predicted molar refractivity (Wildman–Crippen MR) is 125 cm³/mol. The Labute approximate surface area is 190 Å². The van der Waals surface area contributed by atoms with Crippen molar-refractivity contribution >= 4 is 16.8 Å². The summed E-state index contributed by atoms with van der Waals surface area (Å²) in [6, 6.07) is 15.9. The Balaban J connectivity index is 1.38. The Morgan fingerprint density at radius 1 is 1.09 bits per heavy atom. The second-order valence-electron chi connectivity index (χ2n) is 8.15. The summed E-state index contributed by atoms with van der Waals surface area (Å²) in [5.74, 6) is -0.167. The number of aromatic nitrogens is 4. The highest BCUT2D eigenvalue weighted by Crippen LogP contribution is 2.16. The zero-order valence-corrected chi connectivity index (χ0v) is 18.7. The number of fused-ring (bicyclic) bond motifs is 1. The molecule has 2 aromatic heterocycles. The summed E-state index contributed by atoms with van der Waals surface area (Å²) in [5.41, 5.74) is 2.48. The molecule has 0 aliphatic rings. The van der Waals surface area contributed by atoms with Gasteiger partial charge in [-0.1, -0.05) is 37.3 Å². The maximum Gasteiger partial charge on any atom is 0.295 e.